The van der Waals surface area contributed by atoms with Crippen LogP contribution >= 0.6 is 0 Å². The molecule has 5 nitrogen and oxygen atoms in total. The Labute approximate surface area is 145 Å². The monoisotopic (exact) mass is 336 g/mol. The highest BCUT2D eigenvalue weighted by Crippen LogP contribution is 2.25. The summed E-state index contributed by atoms with van der Waals surface area (Å²) < 4.78 is 6.72. The first-order valence-electron chi connectivity index (χ1n) is 8.55. The maximum atomic E-state index is 12.9. The fourth-order valence-corrected chi connectivity index (χ4v) is 3.62. The molecule has 0 saturated carbocycles. The van der Waals surface area contributed by atoms with E-state index in [-0.39, 0.29) is 5.91 Å². The molecule has 0 spiro atoms. The number of likely N-dealkylation sites (tertiary alicyclic amines) is 1. The average Bonchev–Trinajstić information content (AvgIpc) is 3.20. The van der Waals surface area contributed by atoms with Gasteiger partial charge in [0.1, 0.15) is 0 Å². The fraction of sp³-hybridized carbons (Fsp3) is 0.300. The van der Waals surface area contributed by atoms with Crippen molar-refractivity contribution >= 4 is 17.0 Å². The number of aromatic nitrogens is 1. The first kappa shape index (κ1) is 15.7. The molecule has 1 saturated heterocycles. The first-order chi connectivity index (χ1) is 12.1. The zero-order chi connectivity index (χ0) is 17.4. The Balaban J connectivity index is 1.54. The van der Waals surface area contributed by atoms with Gasteiger partial charge in [-0.15, -0.1) is 0 Å². The summed E-state index contributed by atoms with van der Waals surface area (Å²) in [6.07, 6.45) is 1.98. The predicted octanol–water partition coefficient (Wildman–Crippen LogP) is 2.84. The molecule has 2 heterocycles. The summed E-state index contributed by atoms with van der Waals surface area (Å²) in [5.41, 5.74) is 2.80. The molecule has 3 aromatic rings. The van der Waals surface area contributed by atoms with Crippen LogP contribution in [-0.2, 0) is 13.5 Å². The van der Waals surface area contributed by atoms with Crippen LogP contribution in [-0.4, -0.2) is 28.5 Å². The van der Waals surface area contributed by atoms with Crippen LogP contribution in [0.4, 0.5) is 0 Å². The molecule has 1 amide bonds. The number of aryl methyl sites for hydroxylation is 1. The largest absolute Gasteiger partial charge is 0.419 e. The molecule has 0 radical (unpaired) electrons. The van der Waals surface area contributed by atoms with Crippen molar-refractivity contribution in [2.75, 3.05) is 13.1 Å². The molecule has 128 valence electrons. The minimum Gasteiger partial charge on any atom is -0.407 e. The second-order valence-electron chi connectivity index (χ2n) is 6.68. The summed E-state index contributed by atoms with van der Waals surface area (Å²) >= 11 is 0. The number of hydrogen-bond donors (Lipinski definition) is 0. The normalized spacial score (nSPS) is 17.3. The lowest BCUT2D eigenvalue weighted by Crippen LogP contribution is -2.29. The number of amides is 1. The van der Waals surface area contributed by atoms with Crippen LogP contribution in [0.2, 0.25) is 0 Å². The zero-order valence-electron chi connectivity index (χ0n) is 14.1. The van der Waals surface area contributed by atoms with Crippen molar-refractivity contribution in [3.05, 3.63) is 70.2 Å². The van der Waals surface area contributed by atoms with Gasteiger partial charge >= 0.3 is 5.76 Å². The molecule has 0 bridgehead atoms. The van der Waals surface area contributed by atoms with Crippen LogP contribution < -0.4 is 5.76 Å². The van der Waals surface area contributed by atoms with E-state index < -0.39 is 5.76 Å². The van der Waals surface area contributed by atoms with Gasteiger partial charge in [0.25, 0.3) is 5.91 Å². The van der Waals surface area contributed by atoms with E-state index in [2.05, 4.69) is 12.1 Å². The van der Waals surface area contributed by atoms with Gasteiger partial charge in [0.15, 0.2) is 5.58 Å². The van der Waals surface area contributed by atoms with Gasteiger partial charge in [-0.3, -0.25) is 9.36 Å². The lowest BCUT2D eigenvalue weighted by Gasteiger charge is -2.17. The van der Waals surface area contributed by atoms with Gasteiger partial charge in [0.2, 0.25) is 0 Å². The summed E-state index contributed by atoms with van der Waals surface area (Å²) in [5, 5.41) is 0. The molecule has 0 aliphatic carbocycles. The Morgan fingerprint density at radius 3 is 2.76 bits per heavy atom. The van der Waals surface area contributed by atoms with Crippen molar-refractivity contribution in [1.29, 1.82) is 0 Å². The van der Waals surface area contributed by atoms with Crippen LogP contribution in [0.25, 0.3) is 11.1 Å². The average molecular weight is 336 g/mol. The van der Waals surface area contributed by atoms with Gasteiger partial charge in [-0.25, -0.2) is 4.79 Å². The number of benzene rings is 2. The second-order valence-corrected chi connectivity index (χ2v) is 6.68. The summed E-state index contributed by atoms with van der Waals surface area (Å²) in [6, 6.07) is 15.7. The standard InChI is InChI=1S/C20H20N2O3/c1-21-17-9-5-8-16(18(17)25-20(21)24)19(23)22-11-10-15(13-22)12-14-6-3-2-4-7-14/h2-9,15H,10-13H2,1H3. The third-order valence-corrected chi connectivity index (χ3v) is 4.99. The predicted molar refractivity (Wildman–Crippen MR) is 95.6 cm³/mol. The summed E-state index contributed by atoms with van der Waals surface area (Å²) in [7, 11) is 1.65. The van der Waals surface area contributed by atoms with E-state index in [1.54, 1.807) is 25.2 Å². The van der Waals surface area contributed by atoms with Crippen molar-refractivity contribution in [2.45, 2.75) is 12.8 Å². The minimum absolute atomic E-state index is 0.0597. The van der Waals surface area contributed by atoms with Gasteiger partial charge in [0, 0.05) is 20.1 Å². The number of para-hydroxylation sites is 1. The maximum Gasteiger partial charge on any atom is 0.419 e. The van der Waals surface area contributed by atoms with Crippen molar-refractivity contribution < 1.29 is 9.21 Å². The van der Waals surface area contributed by atoms with Gasteiger partial charge in [-0.1, -0.05) is 36.4 Å². The smallest absolute Gasteiger partial charge is 0.407 e. The van der Waals surface area contributed by atoms with Gasteiger partial charge in [-0.2, -0.15) is 0 Å². The quantitative estimate of drug-likeness (QED) is 0.739. The number of nitrogens with zero attached hydrogens (tertiary/aromatic N) is 2. The minimum atomic E-state index is -0.446. The molecule has 1 fully saturated rings. The Bertz CT molecular complexity index is 972. The number of oxazole rings is 1. The van der Waals surface area contributed by atoms with Crippen LogP contribution in [0.3, 0.4) is 0 Å². The van der Waals surface area contributed by atoms with Gasteiger partial charge in [-0.05, 0) is 36.5 Å². The third-order valence-electron chi connectivity index (χ3n) is 4.99. The number of carbonyl (C=O) groups is 1. The van der Waals surface area contributed by atoms with Crippen molar-refractivity contribution in [2.24, 2.45) is 13.0 Å². The molecule has 1 aliphatic heterocycles. The lowest BCUT2D eigenvalue weighted by molar-refractivity contribution is 0.0788. The van der Waals surface area contributed by atoms with E-state index in [1.165, 1.54) is 10.1 Å². The van der Waals surface area contributed by atoms with Crippen molar-refractivity contribution in [3.8, 4) is 0 Å². The van der Waals surface area contributed by atoms with Crippen LogP contribution in [0.1, 0.15) is 22.3 Å². The molecule has 0 N–H and O–H groups in total. The Morgan fingerprint density at radius 1 is 1.16 bits per heavy atom. The molecular formula is C20H20N2O3. The first-order valence-corrected chi connectivity index (χ1v) is 8.55. The molecule has 1 aliphatic rings. The summed E-state index contributed by atoms with van der Waals surface area (Å²) in [4.78, 5) is 26.6. The van der Waals surface area contributed by atoms with E-state index in [9.17, 15) is 9.59 Å². The van der Waals surface area contributed by atoms with E-state index >= 15 is 0 Å². The topological polar surface area (TPSA) is 55.5 Å². The highest BCUT2D eigenvalue weighted by atomic mass is 16.4. The molecule has 1 unspecified atom stereocenters. The molecule has 5 heteroatoms. The number of rotatable bonds is 3. The zero-order valence-corrected chi connectivity index (χ0v) is 14.1. The van der Waals surface area contributed by atoms with Crippen LogP contribution in [0.5, 0.6) is 0 Å². The Kier molecular flexibility index (Phi) is 3.92. The Morgan fingerprint density at radius 2 is 1.96 bits per heavy atom. The van der Waals surface area contributed by atoms with Gasteiger partial charge in [0.05, 0.1) is 11.1 Å². The fourth-order valence-electron chi connectivity index (χ4n) is 3.62. The third kappa shape index (κ3) is 2.86. The lowest BCUT2D eigenvalue weighted by atomic mass is 9.99. The highest BCUT2D eigenvalue weighted by Gasteiger charge is 2.29. The molecule has 1 atom stereocenters. The van der Waals surface area contributed by atoms with E-state index in [0.717, 1.165) is 25.9 Å². The molecule has 25 heavy (non-hydrogen) atoms. The number of fused-ring (bicyclic) bond motifs is 1. The van der Waals surface area contributed by atoms with Crippen LogP contribution in [0.15, 0.2) is 57.7 Å². The second kappa shape index (κ2) is 6.24. The van der Waals surface area contributed by atoms with E-state index in [4.69, 9.17) is 4.42 Å². The van der Waals surface area contributed by atoms with E-state index in [1.807, 2.05) is 23.1 Å². The molecule has 2 aromatic carbocycles. The number of carbonyl (C=O) groups excluding carboxylic acids is 1. The summed E-state index contributed by atoms with van der Waals surface area (Å²) in [5.74, 6) is -0.0394. The van der Waals surface area contributed by atoms with Crippen LogP contribution in [0, 0.1) is 5.92 Å². The maximum absolute atomic E-state index is 12.9. The van der Waals surface area contributed by atoms with Crippen molar-refractivity contribution in [1.82, 2.24) is 9.47 Å². The molecule has 1 aromatic heterocycles. The Hall–Kier alpha value is -2.82. The molecule has 4 rings (SSSR count). The SMILES string of the molecule is Cn1c(=O)oc2c(C(=O)N3CCC(Cc4ccccc4)C3)cccc21. The van der Waals surface area contributed by atoms with Crippen molar-refractivity contribution in [3.63, 3.8) is 0 Å². The van der Waals surface area contributed by atoms with Gasteiger partial charge < -0.3 is 9.32 Å². The highest BCUT2D eigenvalue weighted by molar-refractivity contribution is 6.04. The molecular weight excluding hydrogens is 316 g/mol. The summed E-state index contributed by atoms with van der Waals surface area (Å²) in [6.45, 7) is 1.48. The van der Waals surface area contributed by atoms with E-state index in [0.29, 0.717) is 22.6 Å². The number of hydrogen-bond acceptors (Lipinski definition) is 3.